The number of imidazole rings is 1. The molecule has 0 unspecified atom stereocenters. The number of hydrogen-bond donors (Lipinski definition) is 1. The summed E-state index contributed by atoms with van der Waals surface area (Å²) >= 11 is 0. The number of rotatable bonds is 8. The average molecular weight is 455 g/mol. The lowest BCUT2D eigenvalue weighted by atomic mass is 9.88. The van der Waals surface area contributed by atoms with Crippen LogP contribution in [-0.4, -0.2) is 57.3 Å². The van der Waals surface area contributed by atoms with Crippen molar-refractivity contribution >= 4 is 28.5 Å². The Kier molecular flexibility index (Phi) is 7.02. The van der Waals surface area contributed by atoms with Crippen molar-refractivity contribution < 1.29 is 19.0 Å². The fourth-order valence-electron chi connectivity index (χ4n) is 4.31. The van der Waals surface area contributed by atoms with Gasteiger partial charge in [-0.2, -0.15) is 0 Å². The summed E-state index contributed by atoms with van der Waals surface area (Å²) in [7, 11) is 3.33. The maximum absolute atomic E-state index is 13.5. The number of ether oxygens (including phenoxy) is 1. The molecule has 10 nitrogen and oxygen atoms in total. The molecule has 2 amide bonds. The second-order valence-corrected chi connectivity index (χ2v) is 8.60. The normalized spacial score (nSPS) is 14.5. The van der Waals surface area contributed by atoms with Crippen LogP contribution < -0.4 is 5.32 Å². The lowest BCUT2D eigenvalue weighted by Gasteiger charge is -2.21. The number of amides is 2. The van der Waals surface area contributed by atoms with Crippen LogP contribution >= 0.6 is 0 Å². The van der Waals surface area contributed by atoms with Crippen molar-refractivity contribution in [3.63, 3.8) is 0 Å². The van der Waals surface area contributed by atoms with E-state index in [4.69, 9.17) is 9.37 Å². The van der Waals surface area contributed by atoms with Crippen molar-refractivity contribution in [3.8, 4) is 0 Å². The number of carbonyl (C=O) groups excluding carboxylic acids is 2. The summed E-state index contributed by atoms with van der Waals surface area (Å²) < 4.78 is 11.9. The Bertz CT molecular complexity index is 1130. The topological polar surface area (TPSA) is 115 Å². The Morgan fingerprint density at radius 2 is 2.03 bits per heavy atom. The third-order valence-corrected chi connectivity index (χ3v) is 6.20. The van der Waals surface area contributed by atoms with Crippen LogP contribution in [0.5, 0.6) is 0 Å². The molecule has 10 heteroatoms. The number of hydrogen-bond acceptors (Lipinski definition) is 7. The average Bonchev–Trinajstić information content (AvgIpc) is 3.42. The maximum atomic E-state index is 13.5. The lowest BCUT2D eigenvalue weighted by Crippen LogP contribution is -2.28. The van der Waals surface area contributed by atoms with Gasteiger partial charge in [-0.3, -0.25) is 9.59 Å². The van der Waals surface area contributed by atoms with E-state index in [1.54, 1.807) is 38.4 Å². The highest BCUT2D eigenvalue weighted by atomic mass is 16.6. The van der Waals surface area contributed by atoms with Gasteiger partial charge >= 0.3 is 0 Å². The molecule has 3 aromatic rings. The van der Waals surface area contributed by atoms with Crippen LogP contribution in [0, 0.1) is 12.8 Å². The highest BCUT2D eigenvalue weighted by molar-refractivity contribution is 6.07. The number of fused-ring (bicyclic) bond motifs is 1. The minimum atomic E-state index is -0.213. The van der Waals surface area contributed by atoms with Gasteiger partial charge in [0.05, 0.1) is 36.1 Å². The Labute approximate surface area is 192 Å². The van der Waals surface area contributed by atoms with E-state index >= 15 is 0 Å². The van der Waals surface area contributed by atoms with Crippen LogP contribution in [0.3, 0.4) is 0 Å². The lowest BCUT2D eigenvalue weighted by molar-refractivity contribution is -0.120. The standard InChI is InChI=1S/C23H30N6O4/c1-15-20(27-33-26-15)13-28(2)23(31)18-11-17(25-22(30)16-7-5-4-6-8-16)12-19-21(18)29(14-24-19)9-10-32-3/h11-12,14,16H,4-10,13H2,1-3H3,(H,25,30). The fourth-order valence-corrected chi connectivity index (χ4v) is 4.31. The molecule has 1 N–H and O–H groups in total. The summed E-state index contributed by atoms with van der Waals surface area (Å²) in [5.41, 5.74) is 3.61. The molecule has 0 atom stereocenters. The first-order valence-electron chi connectivity index (χ1n) is 11.3. The van der Waals surface area contributed by atoms with E-state index in [1.165, 1.54) is 6.42 Å². The van der Waals surface area contributed by atoms with Crippen molar-refractivity contribution in [2.45, 2.75) is 52.1 Å². The van der Waals surface area contributed by atoms with Gasteiger partial charge in [0.2, 0.25) is 5.91 Å². The highest BCUT2D eigenvalue weighted by Crippen LogP contribution is 2.28. The van der Waals surface area contributed by atoms with Gasteiger partial charge in [-0.05, 0) is 31.9 Å². The van der Waals surface area contributed by atoms with E-state index in [1.807, 2.05) is 10.6 Å². The number of nitrogens with zero attached hydrogens (tertiary/aromatic N) is 5. The molecule has 1 aliphatic carbocycles. The minimum absolute atomic E-state index is 0.00363. The molecule has 1 aromatic carbocycles. The molecule has 0 saturated heterocycles. The van der Waals surface area contributed by atoms with Gasteiger partial charge < -0.3 is 19.5 Å². The highest BCUT2D eigenvalue weighted by Gasteiger charge is 2.24. The van der Waals surface area contributed by atoms with Crippen molar-refractivity contribution in [3.05, 3.63) is 35.4 Å². The van der Waals surface area contributed by atoms with Crippen molar-refractivity contribution in [1.82, 2.24) is 24.8 Å². The number of benzene rings is 1. The molecule has 0 aliphatic heterocycles. The Morgan fingerprint density at radius 1 is 1.24 bits per heavy atom. The van der Waals surface area contributed by atoms with Crippen molar-refractivity contribution in [2.24, 2.45) is 5.92 Å². The molecule has 1 saturated carbocycles. The van der Waals surface area contributed by atoms with Crippen molar-refractivity contribution in [1.29, 1.82) is 0 Å². The van der Waals surface area contributed by atoms with Crippen LogP contribution in [0.1, 0.15) is 53.8 Å². The van der Waals surface area contributed by atoms with E-state index in [0.29, 0.717) is 46.8 Å². The third kappa shape index (κ3) is 5.05. The second-order valence-electron chi connectivity index (χ2n) is 8.60. The maximum Gasteiger partial charge on any atom is 0.256 e. The van der Waals surface area contributed by atoms with E-state index < -0.39 is 0 Å². The van der Waals surface area contributed by atoms with Gasteiger partial charge in [0, 0.05) is 32.3 Å². The fraction of sp³-hybridized carbons (Fsp3) is 0.522. The van der Waals surface area contributed by atoms with Gasteiger partial charge in [-0.1, -0.05) is 29.6 Å². The number of nitrogens with one attached hydrogen (secondary N) is 1. The molecule has 2 aromatic heterocycles. The summed E-state index contributed by atoms with van der Waals surface area (Å²) in [6.45, 7) is 3.07. The Morgan fingerprint density at radius 3 is 2.73 bits per heavy atom. The molecule has 4 rings (SSSR count). The van der Waals surface area contributed by atoms with Crippen LogP contribution in [0.2, 0.25) is 0 Å². The van der Waals surface area contributed by atoms with Gasteiger partial charge in [0.25, 0.3) is 5.91 Å². The third-order valence-electron chi connectivity index (χ3n) is 6.20. The zero-order valence-electron chi connectivity index (χ0n) is 19.3. The molecule has 1 fully saturated rings. The molecule has 176 valence electrons. The van der Waals surface area contributed by atoms with Crippen LogP contribution in [0.4, 0.5) is 5.69 Å². The van der Waals surface area contributed by atoms with Gasteiger partial charge in [0.1, 0.15) is 11.4 Å². The van der Waals surface area contributed by atoms with E-state index in [0.717, 1.165) is 25.7 Å². The van der Waals surface area contributed by atoms with E-state index in [9.17, 15) is 9.59 Å². The number of carbonyl (C=O) groups is 2. The number of methoxy groups -OCH3 is 1. The molecule has 1 aliphatic rings. The largest absolute Gasteiger partial charge is 0.383 e. The molecule has 33 heavy (non-hydrogen) atoms. The second kappa shape index (κ2) is 10.1. The molecule has 0 bridgehead atoms. The summed E-state index contributed by atoms with van der Waals surface area (Å²) in [6, 6.07) is 3.56. The number of aromatic nitrogens is 4. The smallest absolute Gasteiger partial charge is 0.256 e. The van der Waals surface area contributed by atoms with Gasteiger partial charge in [-0.25, -0.2) is 9.61 Å². The van der Waals surface area contributed by atoms with Gasteiger partial charge in [-0.15, -0.1) is 0 Å². The number of aryl methyl sites for hydroxylation is 1. The molecule has 0 spiro atoms. The molecule has 2 heterocycles. The van der Waals surface area contributed by atoms with Gasteiger partial charge in [0.15, 0.2) is 0 Å². The SMILES string of the molecule is COCCn1cnc2cc(NC(=O)C3CCCCC3)cc(C(=O)N(C)Cc3nonc3C)c21. The zero-order valence-corrected chi connectivity index (χ0v) is 19.3. The Balaban J connectivity index is 1.66. The number of anilines is 1. The first kappa shape index (κ1) is 22.9. The monoisotopic (exact) mass is 454 g/mol. The summed E-state index contributed by atoms with van der Waals surface area (Å²) in [6.07, 6.45) is 6.83. The van der Waals surface area contributed by atoms with Crippen LogP contribution in [0.25, 0.3) is 11.0 Å². The molecular weight excluding hydrogens is 424 g/mol. The van der Waals surface area contributed by atoms with Crippen LogP contribution in [0.15, 0.2) is 23.1 Å². The predicted octanol–water partition coefficient (Wildman–Crippen LogP) is 3.17. The molecule has 0 radical (unpaired) electrons. The Hall–Kier alpha value is -3.27. The van der Waals surface area contributed by atoms with Crippen LogP contribution in [-0.2, 0) is 22.6 Å². The van der Waals surface area contributed by atoms with E-state index in [-0.39, 0.29) is 24.3 Å². The minimum Gasteiger partial charge on any atom is -0.383 e. The first-order chi connectivity index (χ1) is 16.0. The quantitative estimate of drug-likeness (QED) is 0.556. The molecular formula is C23H30N6O4. The first-order valence-corrected chi connectivity index (χ1v) is 11.3. The van der Waals surface area contributed by atoms with Crippen molar-refractivity contribution in [2.75, 3.05) is 26.1 Å². The van der Waals surface area contributed by atoms with E-state index in [2.05, 4.69) is 20.6 Å². The predicted molar refractivity (Wildman–Crippen MR) is 122 cm³/mol. The zero-order chi connectivity index (χ0) is 23.4. The summed E-state index contributed by atoms with van der Waals surface area (Å²) in [4.78, 5) is 32.4. The summed E-state index contributed by atoms with van der Waals surface area (Å²) in [5.74, 6) is -0.197. The summed E-state index contributed by atoms with van der Waals surface area (Å²) in [5, 5.41) is 10.7.